The van der Waals surface area contributed by atoms with Gasteiger partial charge in [0.05, 0.1) is 12.2 Å². The van der Waals surface area contributed by atoms with E-state index in [1.165, 1.54) is 13.0 Å². The zero-order valence-electron chi connectivity index (χ0n) is 23.9. The zero-order valence-corrected chi connectivity index (χ0v) is 25.4. The average Bonchev–Trinajstić information content (AvgIpc) is 3.38. The molecule has 12 heteroatoms. The minimum Gasteiger partial charge on any atom is -0.482 e. The Bertz CT molecular complexity index is 1330. The number of allylic oxidation sites excluding steroid dienone is 4. The Labute approximate surface area is 250 Å². The van der Waals surface area contributed by atoms with Gasteiger partial charge < -0.3 is 19.7 Å². The number of hydrogen-bond acceptors (Lipinski definition) is 6. The van der Waals surface area contributed by atoms with E-state index in [0.717, 1.165) is 30.0 Å². The zero-order chi connectivity index (χ0) is 30.3. The molecule has 1 saturated heterocycles. The van der Waals surface area contributed by atoms with Gasteiger partial charge in [-0.3, -0.25) is 9.48 Å². The predicted molar refractivity (Wildman–Crippen MR) is 159 cm³/mol. The second kappa shape index (κ2) is 14.0. The monoisotopic (exact) mass is 607 g/mol. The second-order valence-corrected chi connectivity index (χ2v) is 11.4. The number of piperidine rings is 1. The Kier molecular flexibility index (Phi) is 11.0. The first kappa shape index (κ1) is 32.1. The maximum absolute atomic E-state index is 13.1. The van der Waals surface area contributed by atoms with Crippen molar-refractivity contribution in [2.24, 2.45) is 0 Å². The Balaban J connectivity index is 1.79. The topological polar surface area (TPSA) is 98.6 Å². The van der Waals surface area contributed by atoms with Gasteiger partial charge in [-0.15, -0.1) is 11.6 Å². The van der Waals surface area contributed by atoms with Crippen molar-refractivity contribution in [1.82, 2.24) is 19.7 Å². The molecule has 222 valence electrons. The average molecular weight is 609 g/mol. The number of anilines is 1. The van der Waals surface area contributed by atoms with E-state index >= 15 is 0 Å². The second-order valence-electron chi connectivity index (χ2n) is 10.7. The van der Waals surface area contributed by atoms with Gasteiger partial charge in [0.2, 0.25) is 5.91 Å². The lowest BCUT2D eigenvalue weighted by Gasteiger charge is -2.33. The number of aromatic nitrogens is 3. The summed E-state index contributed by atoms with van der Waals surface area (Å²) in [6, 6.07) is 1.87. The molecule has 1 fully saturated rings. The number of hydrogen-bond donors (Lipinski definition) is 1. The Morgan fingerprint density at radius 1 is 1.24 bits per heavy atom. The fourth-order valence-corrected chi connectivity index (χ4v) is 4.89. The van der Waals surface area contributed by atoms with Gasteiger partial charge in [0.25, 0.3) is 0 Å². The van der Waals surface area contributed by atoms with Crippen LogP contribution in [-0.4, -0.2) is 62.3 Å². The van der Waals surface area contributed by atoms with Crippen LogP contribution in [0.15, 0.2) is 59.8 Å². The summed E-state index contributed by atoms with van der Waals surface area (Å²) < 4.78 is 26.6. The van der Waals surface area contributed by atoms with E-state index in [9.17, 15) is 14.0 Å². The van der Waals surface area contributed by atoms with E-state index in [4.69, 9.17) is 32.7 Å². The molecule has 9 nitrogen and oxygen atoms in total. The summed E-state index contributed by atoms with van der Waals surface area (Å²) >= 11 is 12.5. The van der Waals surface area contributed by atoms with Gasteiger partial charge in [-0.05, 0) is 58.8 Å². The molecule has 1 aliphatic heterocycles. The van der Waals surface area contributed by atoms with E-state index in [1.54, 1.807) is 30.3 Å². The molecule has 2 aromatic heterocycles. The van der Waals surface area contributed by atoms with Crippen molar-refractivity contribution in [3.8, 4) is 16.9 Å². The molecule has 0 spiro atoms. The molecule has 0 aromatic carbocycles. The molecule has 0 bridgehead atoms. The molecule has 2 aromatic rings. The standard InChI is InChI=1S/C29H36Cl2FN5O4/c1-18(32)7-8-25(31)24(14-30)19(2)40-26-13-21(15-33-27(26)35-20(3)38)22-16-34-37(17-22)23-9-11-36(12-10-23)28(39)41-29(4,5)6/h7-8,13,15-17,19,23H,1,9-12,14H2,2-6H3,(H,33,35,38)/b8-7-,25-24-. The molecule has 1 atom stereocenters. The summed E-state index contributed by atoms with van der Waals surface area (Å²) in [5.41, 5.74) is 1.49. The van der Waals surface area contributed by atoms with Gasteiger partial charge in [-0.25, -0.2) is 14.2 Å². The molecule has 1 unspecified atom stereocenters. The molecule has 1 N–H and O–H groups in total. The van der Waals surface area contributed by atoms with Gasteiger partial charge in [-0.2, -0.15) is 5.10 Å². The van der Waals surface area contributed by atoms with Gasteiger partial charge in [0.1, 0.15) is 17.5 Å². The minimum atomic E-state index is -0.648. The number of alkyl halides is 1. The highest BCUT2D eigenvalue weighted by atomic mass is 35.5. The van der Waals surface area contributed by atoms with Crippen LogP contribution >= 0.6 is 23.2 Å². The summed E-state index contributed by atoms with van der Waals surface area (Å²) in [7, 11) is 0. The smallest absolute Gasteiger partial charge is 0.410 e. The summed E-state index contributed by atoms with van der Waals surface area (Å²) in [6.07, 6.45) is 8.32. The van der Waals surface area contributed by atoms with Crippen LogP contribution in [0.3, 0.4) is 0 Å². The fraction of sp³-hybridized carbons (Fsp3) is 0.448. The normalized spacial score (nSPS) is 15.9. The van der Waals surface area contributed by atoms with Crippen molar-refractivity contribution < 1.29 is 23.5 Å². The summed E-state index contributed by atoms with van der Waals surface area (Å²) in [5, 5.41) is 7.45. The molecular formula is C29H36Cl2FN5O4. The van der Waals surface area contributed by atoms with Crippen LogP contribution in [0.1, 0.15) is 53.5 Å². The summed E-state index contributed by atoms with van der Waals surface area (Å²) in [6.45, 7) is 13.0. The van der Waals surface area contributed by atoms with E-state index < -0.39 is 17.5 Å². The third-order valence-corrected chi connectivity index (χ3v) is 6.88. The highest BCUT2D eigenvalue weighted by Crippen LogP contribution is 2.32. The van der Waals surface area contributed by atoms with Crippen LogP contribution in [0, 0.1) is 0 Å². The first-order valence-electron chi connectivity index (χ1n) is 13.2. The molecule has 3 rings (SSSR count). The Morgan fingerprint density at radius 3 is 2.51 bits per heavy atom. The lowest BCUT2D eigenvalue weighted by molar-refractivity contribution is -0.114. The molecular weight excluding hydrogens is 572 g/mol. The fourth-order valence-electron chi connectivity index (χ4n) is 4.18. The largest absolute Gasteiger partial charge is 0.482 e. The van der Waals surface area contributed by atoms with E-state index in [2.05, 4.69) is 22.0 Å². The Hall–Kier alpha value is -3.37. The quantitative estimate of drug-likeness (QED) is 0.243. The number of carbonyl (C=O) groups excluding carboxylic acids is 2. The molecule has 3 heterocycles. The lowest BCUT2D eigenvalue weighted by atomic mass is 10.1. The highest BCUT2D eigenvalue weighted by molar-refractivity contribution is 6.32. The number of likely N-dealkylation sites (tertiary alicyclic amines) is 1. The van der Waals surface area contributed by atoms with Crippen LogP contribution in [0.4, 0.5) is 15.0 Å². The number of nitrogens with zero attached hydrogens (tertiary/aromatic N) is 4. The predicted octanol–water partition coefficient (Wildman–Crippen LogP) is 7.01. The molecule has 2 amide bonds. The maximum atomic E-state index is 13.1. The van der Waals surface area contributed by atoms with Crippen molar-refractivity contribution in [2.45, 2.75) is 65.2 Å². The van der Waals surface area contributed by atoms with Crippen molar-refractivity contribution in [3.05, 3.63) is 59.8 Å². The SMILES string of the molecule is C=C(F)/C=C\C(Cl)=C(/CCl)C(C)Oc1cc(-c2cnn(C3CCN(C(=O)OC(C)(C)C)CC3)c2)cnc1NC(C)=O. The van der Waals surface area contributed by atoms with Gasteiger partial charge >= 0.3 is 6.09 Å². The number of rotatable bonds is 9. The maximum Gasteiger partial charge on any atom is 0.410 e. The van der Waals surface area contributed by atoms with Crippen LogP contribution < -0.4 is 10.1 Å². The number of amides is 2. The van der Waals surface area contributed by atoms with Crippen molar-refractivity contribution in [3.63, 3.8) is 0 Å². The van der Waals surface area contributed by atoms with Gasteiger partial charge in [0, 0.05) is 60.0 Å². The van der Waals surface area contributed by atoms with Crippen LogP contribution in [-0.2, 0) is 9.53 Å². The highest BCUT2D eigenvalue weighted by Gasteiger charge is 2.28. The van der Waals surface area contributed by atoms with Crippen molar-refractivity contribution in [1.29, 1.82) is 0 Å². The Morgan fingerprint density at radius 2 is 1.93 bits per heavy atom. The molecule has 41 heavy (non-hydrogen) atoms. The van der Waals surface area contributed by atoms with E-state index in [-0.39, 0.29) is 34.8 Å². The summed E-state index contributed by atoms with van der Waals surface area (Å²) in [4.78, 5) is 30.3. The van der Waals surface area contributed by atoms with Gasteiger partial charge in [-0.1, -0.05) is 18.2 Å². The third kappa shape index (κ3) is 9.33. The number of ether oxygens (including phenoxy) is 2. The molecule has 0 saturated carbocycles. The summed E-state index contributed by atoms with van der Waals surface area (Å²) in [5.74, 6) is -0.402. The van der Waals surface area contributed by atoms with Crippen molar-refractivity contribution in [2.75, 3.05) is 24.3 Å². The minimum absolute atomic E-state index is 0.0329. The first-order valence-corrected chi connectivity index (χ1v) is 14.1. The lowest BCUT2D eigenvalue weighted by Crippen LogP contribution is -2.42. The number of pyridine rings is 1. The van der Waals surface area contributed by atoms with Crippen LogP contribution in [0.2, 0.25) is 0 Å². The molecule has 0 radical (unpaired) electrons. The van der Waals surface area contributed by atoms with E-state index in [0.29, 0.717) is 24.4 Å². The number of halogens is 3. The number of nitrogens with one attached hydrogen (secondary N) is 1. The third-order valence-electron chi connectivity index (χ3n) is 6.23. The molecule has 1 aliphatic rings. The first-order chi connectivity index (χ1) is 19.3. The van der Waals surface area contributed by atoms with Crippen LogP contribution in [0.5, 0.6) is 5.75 Å². The van der Waals surface area contributed by atoms with E-state index in [1.807, 2.05) is 31.6 Å². The van der Waals surface area contributed by atoms with Crippen LogP contribution in [0.25, 0.3) is 11.1 Å². The number of carbonyl (C=O) groups is 2. The molecule has 0 aliphatic carbocycles. The van der Waals surface area contributed by atoms with Crippen molar-refractivity contribution >= 4 is 41.0 Å². The van der Waals surface area contributed by atoms with Gasteiger partial charge in [0.15, 0.2) is 11.6 Å².